The average molecular weight is 616 g/mol. The number of amides is 1. The predicted molar refractivity (Wildman–Crippen MR) is 147 cm³/mol. The van der Waals surface area contributed by atoms with Crippen LogP contribution in [0.1, 0.15) is 34.0 Å². The molecule has 0 radical (unpaired) electrons. The van der Waals surface area contributed by atoms with Crippen LogP contribution in [0.5, 0.6) is 0 Å². The van der Waals surface area contributed by atoms with E-state index in [0.29, 0.717) is 60.6 Å². The number of H-pyrrole nitrogens is 1. The standard InChI is InChI=1S/C29H32F7N5O2/c1-18(38-43-9-8-39(2)3)16-40-6-7-41(24(17-40)12-20-15-37-26-5-4-23(30)14-25(20)26)27(42)19-10-21(28(31,32)33)13-22(11-19)29(34,35)36/h4-5,10-11,13-15,24,37H,6-9,12,16-17H2,1-3H3/b38-18+. The van der Waals surface area contributed by atoms with Gasteiger partial charge in [-0.25, -0.2) is 4.39 Å². The number of carbonyl (C=O) groups is 1. The molecule has 1 fully saturated rings. The zero-order valence-electron chi connectivity index (χ0n) is 23.8. The molecule has 0 bridgehead atoms. The van der Waals surface area contributed by atoms with Crippen LogP contribution in [-0.4, -0.2) is 90.8 Å². The Bertz CT molecular complexity index is 1430. The monoisotopic (exact) mass is 615 g/mol. The summed E-state index contributed by atoms with van der Waals surface area (Å²) in [5.41, 5.74) is -1.89. The summed E-state index contributed by atoms with van der Waals surface area (Å²) in [6.45, 7) is 3.74. The number of likely N-dealkylation sites (N-methyl/N-ethyl adjacent to an activating group) is 1. The van der Waals surface area contributed by atoms with E-state index in [0.717, 1.165) is 0 Å². The van der Waals surface area contributed by atoms with Gasteiger partial charge in [-0.2, -0.15) is 26.3 Å². The van der Waals surface area contributed by atoms with Crippen molar-refractivity contribution in [2.45, 2.75) is 31.7 Å². The van der Waals surface area contributed by atoms with Gasteiger partial charge in [-0.15, -0.1) is 0 Å². The van der Waals surface area contributed by atoms with Gasteiger partial charge in [-0.05, 0) is 69.4 Å². The Kier molecular flexibility index (Phi) is 9.70. The first-order valence-corrected chi connectivity index (χ1v) is 13.5. The number of carbonyl (C=O) groups excluding carboxylic acids is 1. The first-order valence-electron chi connectivity index (χ1n) is 13.5. The lowest BCUT2D eigenvalue weighted by molar-refractivity contribution is -0.143. The number of oxime groups is 1. The Morgan fingerprint density at radius 2 is 1.72 bits per heavy atom. The molecule has 1 aromatic heterocycles. The Morgan fingerprint density at radius 1 is 1.05 bits per heavy atom. The summed E-state index contributed by atoms with van der Waals surface area (Å²) in [6.07, 6.45) is -8.35. The highest BCUT2D eigenvalue weighted by Gasteiger charge is 2.39. The third-order valence-corrected chi connectivity index (χ3v) is 7.15. The molecule has 2 aromatic carbocycles. The molecule has 1 aliphatic rings. The van der Waals surface area contributed by atoms with Crippen LogP contribution in [0, 0.1) is 5.82 Å². The maximum absolute atomic E-state index is 14.0. The number of fused-ring (bicyclic) bond motifs is 1. The van der Waals surface area contributed by atoms with E-state index in [2.05, 4.69) is 10.1 Å². The Labute approximate surface area is 243 Å². The normalized spacial score (nSPS) is 17.2. The third-order valence-electron chi connectivity index (χ3n) is 7.15. The number of nitrogens with zero attached hydrogens (tertiary/aromatic N) is 4. The van der Waals surface area contributed by atoms with Crippen molar-refractivity contribution in [1.29, 1.82) is 0 Å². The molecule has 43 heavy (non-hydrogen) atoms. The van der Waals surface area contributed by atoms with Gasteiger partial charge in [0, 0.05) is 61.4 Å². The minimum absolute atomic E-state index is 0.00455. The molecule has 1 aliphatic heterocycles. The fraction of sp³-hybridized carbons (Fsp3) is 0.448. The molecule has 2 heterocycles. The van der Waals surface area contributed by atoms with E-state index in [1.54, 1.807) is 19.2 Å². The second kappa shape index (κ2) is 12.9. The number of halogens is 7. The zero-order valence-corrected chi connectivity index (χ0v) is 23.8. The second-order valence-electron chi connectivity index (χ2n) is 10.9. The van der Waals surface area contributed by atoms with Gasteiger partial charge in [-0.3, -0.25) is 9.69 Å². The van der Waals surface area contributed by atoms with Crippen LogP contribution in [0.15, 0.2) is 47.8 Å². The van der Waals surface area contributed by atoms with E-state index >= 15 is 0 Å². The van der Waals surface area contributed by atoms with E-state index in [9.17, 15) is 35.5 Å². The number of benzene rings is 2. The summed E-state index contributed by atoms with van der Waals surface area (Å²) in [6, 6.07) is 4.41. The fourth-order valence-corrected chi connectivity index (χ4v) is 5.05. The molecule has 1 unspecified atom stereocenters. The number of hydrogen-bond acceptors (Lipinski definition) is 5. The SMILES string of the molecule is C/C(CN1CCN(C(=O)c2cc(C(F)(F)F)cc(C(F)(F)F)c2)C(Cc2c[nH]c3ccc(F)cc23)C1)=N\OCCN(C)C. The van der Waals surface area contributed by atoms with Crippen LogP contribution in [0.3, 0.4) is 0 Å². The van der Waals surface area contributed by atoms with Crippen molar-refractivity contribution in [1.82, 2.24) is 19.7 Å². The number of aromatic nitrogens is 1. The number of nitrogens with one attached hydrogen (secondary N) is 1. The number of alkyl halides is 6. The van der Waals surface area contributed by atoms with Gasteiger partial charge in [0.1, 0.15) is 12.4 Å². The summed E-state index contributed by atoms with van der Waals surface area (Å²) in [7, 11) is 3.79. The molecule has 1 atom stereocenters. The van der Waals surface area contributed by atoms with Gasteiger partial charge >= 0.3 is 12.4 Å². The highest BCUT2D eigenvalue weighted by Crippen LogP contribution is 2.37. The Morgan fingerprint density at radius 3 is 2.35 bits per heavy atom. The summed E-state index contributed by atoms with van der Waals surface area (Å²) in [5, 5.41) is 4.68. The second-order valence-corrected chi connectivity index (χ2v) is 10.9. The fourth-order valence-electron chi connectivity index (χ4n) is 5.05. The number of hydrogen-bond donors (Lipinski definition) is 1. The van der Waals surface area contributed by atoms with Gasteiger partial charge in [-0.1, -0.05) is 5.16 Å². The largest absolute Gasteiger partial charge is 0.416 e. The van der Waals surface area contributed by atoms with Crippen molar-refractivity contribution < 1.29 is 40.4 Å². The Balaban J connectivity index is 1.63. The summed E-state index contributed by atoms with van der Waals surface area (Å²) in [4.78, 5) is 27.2. The van der Waals surface area contributed by atoms with Crippen molar-refractivity contribution in [2.24, 2.45) is 5.16 Å². The van der Waals surface area contributed by atoms with Crippen LogP contribution in [0.2, 0.25) is 0 Å². The van der Waals surface area contributed by atoms with Crippen LogP contribution in [-0.2, 0) is 23.6 Å². The van der Waals surface area contributed by atoms with Crippen molar-refractivity contribution in [3.05, 3.63) is 70.7 Å². The lowest BCUT2D eigenvalue weighted by Crippen LogP contribution is -2.56. The maximum atomic E-state index is 14.0. The van der Waals surface area contributed by atoms with Gasteiger partial charge in [0.15, 0.2) is 0 Å². The van der Waals surface area contributed by atoms with Crippen LogP contribution >= 0.6 is 0 Å². The molecule has 0 saturated carbocycles. The van der Waals surface area contributed by atoms with E-state index in [-0.39, 0.29) is 25.6 Å². The first kappa shape index (κ1) is 32.3. The topological polar surface area (TPSA) is 64.2 Å². The quantitative estimate of drug-likeness (QED) is 0.146. The van der Waals surface area contributed by atoms with Crippen LogP contribution in [0.4, 0.5) is 30.7 Å². The molecule has 1 N–H and O–H groups in total. The minimum Gasteiger partial charge on any atom is -0.394 e. The van der Waals surface area contributed by atoms with Gasteiger partial charge < -0.3 is 19.6 Å². The minimum atomic E-state index is -5.09. The smallest absolute Gasteiger partial charge is 0.394 e. The van der Waals surface area contributed by atoms with Crippen molar-refractivity contribution in [3.8, 4) is 0 Å². The molecule has 0 spiro atoms. The van der Waals surface area contributed by atoms with Crippen molar-refractivity contribution in [3.63, 3.8) is 0 Å². The van der Waals surface area contributed by atoms with E-state index in [4.69, 9.17) is 4.84 Å². The molecule has 3 aromatic rings. The highest BCUT2D eigenvalue weighted by atomic mass is 19.4. The van der Waals surface area contributed by atoms with E-state index in [1.807, 2.05) is 23.9 Å². The van der Waals surface area contributed by atoms with E-state index in [1.165, 1.54) is 17.0 Å². The predicted octanol–water partition coefficient (Wildman–Crippen LogP) is 5.67. The lowest BCUT2D eigenvalue weighted by atomic mass is 9.98. The maximum Gasteiger partial charge on any atom is 0.416 e. The van der Waals surface area contributed by atoms with Gasteiger partial charge in [0.05, 0.1) is 16.8 Å². The zero-order chi connectivity index (χ0) is 31.5. The molecule has 4 rings (SSSR count). The summed E-state index contributed by atoms with van der Waals surface area (Å²) >= 11 is 0. The average Bonchev–Trinajstić information content (AvgIpc) is 3.31. The molecule has 7 nitrogen and oxygen atoms in total. The van der Waals surface area contributed by atoms with Crippen LogP contribution in [0.25, 0.3) is 10.9 Å². The number of aromatic amines is 1. The molecular weight excluding hydrogens is 583 g/mol. The van der Waals surface area contributed by atoms with Gasteiger partial charge in [0.25, 0.3) is 5.91 Å². The lowest BCUT2D eigenvalue weighted by Gasteiger charge is -2.41. The molecular formula is C29H32F7N5O2. The Hall–Kier alpha value is -3.65. The molecule has 14 heteroatoms. The molecule has 234 valence electrons. The summed E-state index contributed by atoms with van der Waals surface area (Å²) in [5.74, 6) is -1.43. The molecule has 0 aliphatic carbocycles. The first-order chi connectivity index (χ1) is 20.1. The van der Waals surface area contributed by atoms with Crippen molar-refractivity contribution in [2.75, 3.05) is 53.4 Å². The molecule has 1 amide bonds. The van der Waals surface area contributed by atoms with Gasteiger partial charge in [0.2, 0.25) is 0 Å². The highest BCUT2D eigenvalue weighted by molar-refractivity contribution is 5.95. The number of rotatable bonds is 9. The van der Waals surface area contributed by atoms with Crippen LogP contribution < -0.4 is 0 Å². The summed E-state index contributed by atoms with van der Waals surface area (Å²) < 4.78 is 95.2. The van der Waals surface area contributed by atoms with E-state index < -0.39 is 46.8 Å². The number of piperazine rings is 1. The van der Waals surface area contributed by atoms with Crippen molar-refractivity contribution >= 4 is 22.5 Å². The molecule has 1 saturated heterocycles. The third kappa shape index (κ3) is 8.25.